The van der Waals surface area contributed by atoms with Gasteiger partial charge in [-0.3, -0.25) is 9.59 Å². The summed E-state index contributed by atoms with van der Waals surface area (Å²) >= 11 is 5.95. The van der Waals surface area contributed by atoms with Gasteiger partial charge in [-0.2, -0.15) is 4.98 Å². The van der Waals surface area contributed by atoms with Crippen LogP contribution in [-0.2, 0) is 12.0 Å². The van der Waals surface area contributed by atoms with Crippen molar-refractivity contribution in [1.82, 2.24) is 15.5 Å². The number of halogens is 1. The van der Waals surface area contributed by atoms with Gasteiger partial charge in [0.25, 0.3) is 11.8 Å². The lowest BCUT2D eigenvalue weighted by molar-refractivity contribution is 0.0906. The fraction of sp³-hybridized carbons (Fsp3) is 0.300. The smallest absolute Gasteiger partial charge is 0.262 e. The molecule has 1 aromatic carbocycles. The molecule has 0 saturated carbocycles. The van der Waals surface area contributed by atoms with Crippen LogP contribution in [0.15, 0.2) is 39.5 Å². The van der Waals surface area contributed by atoms with Gasteiger partial charge < -0.3 is 14.3 Å². The Morgan fingerprint density at radius 2 is 2.11 bits per heavy atom. The highest BCUT2D eigenvalue weighted by Gasteiger charge is 2.32. The molecule has 0 saturated heterocycles. The average Bonchev–Trinajstić information content (AvgIpc) is 3.29. The number of nitrogens with zero attached hydrogens (tertiary/aromatic N) is 2. The van der Waals surface area contributed by atoms with E-state index in [1.165, 1.54) is 6.26 Å². The highest BCUT2D eigenvalue weighted by molar-refractivity contribution is 6.30. The molecule has 0 radical (unpaired) electrons. The Labute approximate surface area is 166 Å². The fourth-order valence-corrected chi connectivity index (χ4v) is 3.40. The summed E-state index contributed by atoms with van der Waals surface area (Å²) in [4.78, 5) is 29.2. The van der Waals surface area contributed by atoms with Crippen LogP contribution in [0, 0.1) is 0 Å². The number of nitrogens with one attached hydrogen (secondary N) is 1. The number of benzene rings is 1. The summed E-state index contributed by atoms with van der Waals surface area (Å²) in [6.45, 7) is 3.53. The molecule has 2 heterocycles. The monoisotopic (exact) mass is 399 g/mol. The molecular formula is C20H18ClN3O4. The van der Waals surface area contributed by atoms with Gasteiger partial charge in [-0.15, -0.1) is 0 Å². The van der Waals surface area contributed by atoms with Gasteiger partial charge in [-0.1, -0.05) is 22.8 Å². The van der Waals surface area contributed by atoms with Crippen LogP contribution in [0.1, 0.15) is 59.0 Å². The molecule has 0 bridgehead atoms. The summed E-state index contributed by atoms with van der Waals surface area (Å²) in [5.41, 5.74) is 0.533. The zero-order valence-corrected chi connectivity index (χ0v) is 16.2. The summed E-state index contributed by atoms with van der Waals surface area (Å²) in [7, 11) is 0. The quantitative estimate of drug-likeness (QED) is 0.707. The summed E-state index contributed by atoms with van der Waals surface area (Å²) in [6, 6.07) is 6.65. The van der Waals surface area contributed by atoms with Crippen LogP contribution < -0.4 is 5.32 Å². The number of Topliss-reactive ketones (excluding diaryl/α,β-unsaturated/α-hetero) is 1. The number of hydrogen-bond donors (Lipinski definition) is 1. The van der Waals surface area contributed by atoms with E-state index in [2.05, 4.69) is 15.5 Å². The number of ketones is 1. The Morgan fingerprint density at radius 3 is 2.89 bits per heavy atom. The number of hydrogen-bond acceptors (Lipinski definition) is 6. The Balaban J connectivity index is 1.59. The third kappa shape index (κ3) is 3.33. The average molecular weight is 400 g/mol. The van der Waals surface area contributed by atoms with Crippen molar-refractivity contribution in [2.75, 3.05) is 0 Å². The second-order valence-corrected chi connectivity index (χ2v) is 7.67. The second-order valence-electron chi connectivity index (χ2n) is 7.24. The predicted octanol–water partition coefficient (Wildman–Crippen LogP) is 4.17. The van der Waals surface area contributed by atoms with Crippen molar-refractivity contribution in [3.05, 3.63) is 58.3 Å². The first kappa shape index (κ1) is 18.4. The molecule has 4 rings (SSSR count). The number of carbonyl (C=O) groups is 2. The Morgan fingerprint density at radius 1 is 1.29 bits per heavy atom. The van der Waals surface area contributed by atoms with Crippen LogP contribution in [0.3, 0.4) is 0 Å². The van der Waals surface area contributed by atoms with Crippen molar-refractivity contribution < 1.29 is 18.5 Å². The third-order valence-corrected chi connectivity index (χ3v) is 4.92. The number of amides is 1. The molecule has 0 unspecified atom stereocenters. The zero-order valence-electron chi connectivity index (χ0n) is 15.4. The maximum Gasteiger partial charge on any atom is 0.262 e. The number of aromatic nitrogens is 2. The Kier molecular flexibility index (Phi) is 4.55. The Hall–Kier alpha value is -2.93. The summed E-state index contributed by atoms with van der Waals surface area (Å²) in [5, 5.41) is 7.35. The van der Waals surface area contributed by atoms with Crippen molar-refractivity contribution in [2.45, 2.75) is 38.6 Å². The zero-order chi connectivity index (χ0) is 19.9. The number of furan rings is 1. The first-order valence-electron chi connectivity index (χ1n) is 8.91. The SMILES string of the molecule is CC(C)(NC(=O)c1cccc(Cl)c1)c1noc(-c2coc3c2C(=O)CCC3)n1. The van der Waals surface area contributed by atoms with E-state index in [9.17, 15) is 9.59 Å². The van der Waals surface area contributed by atoms with E-state index in [-0.39, 0.29) is 23.4 Å². The van der Waals surface area contributed by atoms with Crippen molar-refractivity contribution in [1.29, 1.82) is 0 Å². The van der Waals surface area contributed by atoms with E-state index >= 15 is 0 Å². The summed E-state index contributed by atoms with van der Waals surface area (Å²) < 4.78 is 10.9. The molecule has 0 spiro atoms. The maximum absolute atomic E-state index is 12.5. The minimum atomic E-state index is -0.908. The van der Waals surface area contributed by atoms with Gasteiger partial charge >= 0.3 is 0 Å². The van der Waals surface area contributed by atoms with E-state index in [1.54, 1.807) is 38.1 Å². The standard InChI is InChI=1S/C20H18ClN3O4/c1-20(2,23-17(26)11-5-3-6-12(21)9-11)19-22-18(28-24-19)13-10-27-15-8-4-7-14(25)16(13)15/h3,5-6,9-10H,4,7-8H2,1-2H3,(H,23,26). The first-order chi connectivity index (χ1) is 13.3. The van der Waals surface area contributed by atoms with Crippen molar-refractivity contribution in [2.24, 2.45) is 0 Å². The number of aryl methyl sites for hydroxylation is 1. The van der Waals surface area contributed by atoms with Crippen LogP contribution >= 0.6 is 11.6 Å². The topological polar surface area (TPSA) is 98.2 Å². The van der Waals surface area contributed by atoms with Gasteiger partial charge in [0.05, 0.1) is 16.7 Å². The van der Waals surface area contributed by atoms with Crippen molar-refractivity contribution >= 4 is 23.3 Å². The molecule has 8 heteroatoms. The molecule has 1 aliphatic carbocycles. The third-order valence-electron chi connectivity index (χ3n) is 4.68. The number of rotatable bonds is 4. The molecule has 144 valence electrons. The predicted molar refractivity (Wildman–Crippen MR) is 101 cm³/mol. The molecule has 0 fully saturated rings. The highest BCUT2D eigenvalue weighted by Crippen LogP contribution is 2.33. The van der Waals surface area contributed by atoms with Crippen molar-refractivity contribution in [3.63, 3.8) is 0 Å². The molecule has 0 aliphatic heterocycles. The summed E-state index contributed by atoms with van der Waals surface area (Å²) in [6.07, 6.45) is 3.43. The molecule has 7 nitrogen and oxygen atoms in total. The highest BCUT2D eigenvalue weighted by atomic mass is 35.5. The van der Waals surface area contributed by atoms with E-state index in [4.69, 9.17) is 20.5 Å². The lowest BCUT2D eigenvalue weighted by Gasteiger charge is -2.22. The van der Waals surface area contributed by atoms with Crippen LogP contribution in [0.25, 0.3) is 11.5 Å². The molecular weight excluding hydrogens is 382 g/mol. The summed E-state index contributed by atoms with van der Waals surface area (Å²) in [5.74, 6) is 0.837. The van der Waals surface area contributed by atoms with Gasteiger partial charge in [0.2, 0.25) is 0 Å². The van der Waals surface area contributed by atoms with Crippen LogP contribution in [0.2, 0.25) is 5.02 Å². The molecule has 28 heavy (non-hydrogen) atoms. The Bertz CT molecular complexity index is 1070. The molecule has 2 aromatic heterocycles. The van der Waals surface area contributed by atoms with E-state index in [0.717, 1.165) is 6.42 Å². The van der Waals surface area contributed by atoms with E-state index in [0.29, 0.717) is 40.3 Å². The molecule has 0 atom stereocenters. The van der Waals surface area contributed by atoms with Crippen LogP contribution in [0.4, 0.5) is 0 Å². The molecule has 1 amide bonds. The number of fused-ring (bicyclic) bond motifs is 1. The van der Waals surface area contributed by atoms with Crippen molar-refractivity contribution in [3.8, 4) is 11.5 Å². The fourth-order valence-electron chi connectivity index (χ4n) is 3.21. The minimum absolute atomic E-state index is 0.0123. The first-order valence-corrected chi connectivity index (χ1v) is 9.29. The largest absolute Gasteiger partial charge is 0.468 e. The minimum Gasteiger partial charge on any atom is -0.468 e. The van der Waals surface area contributed by atoms with Crippen LogP contribution in [0.5, 0.6) is 0 Å². The number of carbonyl (C=O) groups excluding carboxylic acids is 2. The lowest BCUT2D eigenvalue weighted by Crippen LogP contribution is -2.41. The van der Waals surface area contributed by atoms with Gasteiger partial charge in [-0.05, 0) is 38.5 Å². The second kappa shape index (κ2) is 6.91. The lowest BCUT2D eigenvalue weighted by atomic mass is 9.94. The molecule has 1 N–H and O–H groups in total. The normalized spacial score (nSPS) is 14.0. The molecule has 1 aliphatic rings. The van der Waals surface area contributed by atoms with Gasteiger partial charge in [0, 0.05) is 23.4 Å². The van der Waals surface area contributed by atoms with Crippen LogP contribution in [-0.4, -0.2) is 21.8 Å². The van der Waals surface area contributed by atoms with E-state index < -0.39 is 5.54 Å². The van der Waals surface area contributed by atoms with Gasteiger partial charge in [-0.25, -0.2) is 0 Å². The van der Waals surface area contributed by atoms with Gasteiger partial charge in [0.15, 0.2) is 11.6 Å². The molecule has 3 aromatic rings. The maximum atomic E-state index is 12.5. The van der Waals surface area contributed by atoms with Gasteiger partial charge in [0.1, 0.15) is 12.0 Å². The van der Waals surface area contributed by atoms with E-state index in [1.807, 2.05) is 0 Å².